The molecule has 0 radical (unpaired) electrons. The van der Waals surface area contributed by atoms with Crippen LogP contribution in [0.5, 0.6) is 0 Å². The van der Waals surface area contributed by atoms with Crippen molar-refractivity contribution in [2.24, 2.45) is 5.73 Å². The van der Waals surface area contributed by atoms with Crippen molar-refractivity contribution in [2.75, 3.05) is 0 Å². The highest BCUT2D eigenvalue weighted by Gasteiger charge is 2.40. The van der Waals surface area contributed by atoms with Gasteiger partial charge in [-0.25, -0.2) is 0 Å². The van der Waals surface area contributed by atoms with Gasteiger partial charge in [-0.2, -0.15) is 0 Å². The number of nitrogens with two attached hydrogens (primary N) is 1. The van der Waals surface area contributed by atoms with Gasteiger partial charge in [0.15, 0.2) is 12.4 Å². The van der Waals surface area contributed by atoms with Gasteiger partial charge in [-0.1, -0.05) is 24.3 Å². The summed E-state index contributed by atoms with van der Waals surface area (Å²) < 4.78 is 0. The van der Waals surface area contributed by atoms with Gasteiger partial charge in [-0.15, -0.1) is 0 Å². The summed E-state index contributed by atoms with van der Waals surface area (Å²) in [6, 6.07) is 5.45. The molecule has 0 aromatic heterocycles. The lowest BCUT2D eigenvalue weighted by molar-refractivity contribution is -0.229. The van der Waals surface area contributed by atoms with E-state index in [1.165, 1.54) is 24.3 Å². The van der Waals surface area contributed by atoms with Crippen molar-refractivity contribution in [1.82, 2.24) is 0 Å². The lowest BCUT2D eigenvalue weighted by atomic mass is 9.95. The summed E-state index contributed by atoms with van der Waals surface area (Å²) in [6.45, 7) is 0. The Hall–Kier alpha value is -1.76. The van der Waals surface area contributed by atoms with Crippen LogP contribution < -0.4 is 5.73 Å². The third-order valence-corrected chi connectivity index (χ3v) is 2.13. The predicted molar refractivity (Wildman–Crippen MR) is 53.1 cm³/mol. The standard InChI is InChI=1S/C10H11NO5/c11-9(14)8(13)10(15,16)7-4-2-1-3-6(7)5-12/h1-5,8,13,15-16H,(H2,11,14). The van der Waals surface area contributed by atoms with Crippen LogP contribution in [0.25, 0.3) is 0 Å². The average Bonchev–Trinajstić information content (AvgIpc) is 2.27. The smallest absolute Gasteiger partial charge is 0.252 e. The lowest BCUT2D eigenvalue weighted by Crippen LogP contribution is -2.48. The van der Waals surface area contributed by atoms with Gasteiger partial charge in [0.05, 0.1) is 0 Å². The summed E-state index contributed by atoms with van der Waals surface area (Å²) >= 11 is 0. The van der Waals surface area contributed by atoms with E-state index in [9.17, 15) is 24.9 Å². The maximum absolute atomic E-state index is 10.7. The molecule has 1 rings (SSSR count). The minimum atomic E-state index is -2.89. The van der Waals surface area contributed by atoms with Crippen molar-refractivity contribution < 1.29 is 24.9 Å². The second-order valence-corrected chi connectivity index (χ2v) is 3.24. The fraction of sp³-hybridized carbons (Fsp3) is 0.200. The third kappa shape index (κ3) is 2.08. The van der Waals surface area contributed by atoms with E-state index >= 15 is 0 Å². The lowest BCUT2D eigenvalue weighted by Gasteiger charge is -2.26. The Morgan fingerprint density at radius 3 is 2.44 bits per heavy atom. The van der Waals surface area contributed by atoms with E-state index in [4.69, 9.17) is 5.73 Å². The van der Waals surface area contributed by atoms with Gasteiger partial charge in [0, 0.05) is 11.1 Å². The number of primary amides is 1. The van der Waals surface area contributed by atoms with Crippen LogP contribution in [0.15, 0.2) is 24.3 Å². The molecule has 0 saturated heterocycles. The van der Waals surface area contributed by atoms with Gasteiger partial charge >= 0.3 is 0 Å². The molecule has 0 spiro atoms. The second kappa shape index (κ2) is 4.40. The molecule has 0 saturated carbocycles. The van der Waals surface area contributed by atoms with Crippen LogP contribution in [0.4, 0.5) is 0 Å². The van der Waals surface area contributed by atoms with E-state index in [1.807, 2.05) is 0 Å². The first-order chi connectivity index (χ1) is 7.41. The van der Waals surface area contributed by atoms with Crippen LogP contribution in [0.1, 0.15) is 15.9 Å². The molecule has 1 atom stereocenters. The summed E-state index contributed by atoms with van der Waals surface area (Å²) in [5.74, 6) is -4.19. The number of aliphatic hydroxyl groups excluding tert-OH is 1. The molecule has 1 unspecified atom stereocenters. The van der Waals surface area contributed by atoms with Crippen LogP contribution >= 0.6 is 0 Å². The second-order valence-electron chi connectivity index (χ2n) is 3.24. The topological polar surface area (TPSA) is 121 Å². The van der Waals surface area contributed by atoms with Gasteiger partial charge < -0.3 is 21.1 Å². The van der Waals surface area contributed by atoms with E-state index in [-0.39, 0.29) is 11.1 Å². The minimum absolute atomic E-state index is 0.0483. The zero-order valence-electron chi connectivity index (χ0n) is 8.20. The van der Waals surface area contributed by atoms with Gasteiger partial charge in [-0.3, -0.25) is 9.59 Å². The Bertz CT molecular complexity index is 415. The van der Waals surface area contributed by atoms with Gasteiger partial charge in [0.2, 0.25) is 5.79 Å². The number of carbonyl (C=O) groups is 2. The molecule has 5 N–H and O–H groups in total. The molecule has 0 heterocycles. The minimum Gasteiger partial charge on any atom is -0.378 e. The average molecular weight is 225 g/mol. The van der Waals surface area contributed by atoms with Crippen LogP contribution in [-0.4, -0.2) is 33.6 Å². The number of hydrogen-bond acceptors (Lipinski definition) is 5. The Labute approximate surface area is 90.9 Å². The first-order valence-corrected chi connectivity index (χ1v) is 4.38. The molecule has 0 aliphatic carbocycles. The number of carbonyl (C=O) groups excluding carboxylic acids is 2. The van der Waals surface area contributed by atoms with Crippen molar-refractivity contribution in [3.63, 3.8) is 0 Å². The SMILES string of the molecule is NC(=O)C(O)C(O)(O)c1ccccc1C=O. The number of aldehydes is 1. The zero-order valence-corrected chi connectivity index (χ0v) is 8.20. The van der Waals surface area contributed by atoms with E-state index < -0.39 is 17.8 Å². The van der Waals surface area contributed by atoms with Gasteiger partial charge in [-0.05, 0) is 0 Å². The summed E-state index contributed by atoms with van der Waals surface area (Å²) in [4.78, 5) is 21.3. The molecule has 0 aliphatic heterocycles. The monoisotopic (exact) mass is 225 g/mol. The molecule has 6 heteroatoms. The Morgan fingerprint density at radius 1 is 1.38 bits per heavy atom. The predicted octanol–water partition coefficient (Wildman–Crippen LogP) is -1.52. The highest BCUT2D eigenvalue weighted by Crippen LogP contribution is 2.24. The molecule has 16 heavy (non-hydrogen) atoms. The van der Waals surface area contributed by atoms with Crippen molar-refractivity contribution >= 4 is 12.2 Å². The van der Waals surface area contributed by atoms with E-state index in [2.05, 4.69) is 0 Å². The first kappa shape index (κ1) is 12.3. The number of rotatable bonds is 4. The number of hydrogen-bond donors (Lipinski definition) is 4. The fourth-order valence-electron chi connectivity index (χ4n) is 1.28. The largest absolute Gasteiger partial charge is 0.378 e. The highest BCUT2D eigenvalue weighted by atomic mass is 16.5. The molecular formula is C10H11NO5. The van der Waals surface area contributed by atoms with Crippen molar-refractivity contribution in [1.29, 1.82) is 0 Å². The summed E-state index contributed by atoms with van der Waals surface area (Å²) in [7, 11) is 0. The molecule has 86 valence electrons. The van der Waals surface area contributed by atoms with Crippen molar-refractivity contribution in [3.8, 4) is 0 Å². The van der Waals surface area contributed by atoms with E-state index in [0.29, 0.717) is 6.29 Å². The van der Waals surface area contributed by atoms with Crippen LogP contribution in [-0.2, 0) is 10.6 Å². The molecule has 0 fully saturated rings. The maximum Gasteiger partial charge on any atom is 0.252 e. The summed E-state index contributed by atoms with van der Waals surface area (Å²) in [6.07, 6.45) is -1.84. The first-order valence-electron chi connectivity index (χ1n) is 4.38. The Balaban J connectivity index is 3.25. The molecule has 0 aliphatic rings. The Morgan fingerprint density at radius 2 is 1.94 bits per heavy atom. The summed E-state index contributed by atoms with van der Waals surface area (Å²) in [5.41, 5.74) is 4.42. The Kier molecular flexibility index (Phi) is 3.38. The third-order valence-electron chi connectivity index (χ3n) is 2.13. The summed E-state index contributed by atoms with van der Waals surface area (Å²) in [5, 5.41) is 28.4. The fourth-order valence-corrected chi connectivity index (χ4v) is 1.28. The van der Waals surface area contributed by atoms with E-state index in [0.717, 1.165) is 0 Å². The van der Waals surface area contributed by atoms with Gasteiger partial charge in [0.25, 0.3) is 5.91 Å². The molecule has 1 amide bonds. The van der Waals surface area contributed by atoms with Crippen LogP contribution in [0, 0.1) is 0 Å². The molecule has 6 nitrogen and oxygen atoms in total. The van der Waals surface area contributed by atoms with Crippen molar-refractivity contribution in [2.45, 2.75) is 11.9 Å². The molecule has 1 aromatic carbocycles. The van der Waals surface area contributed by atoms with Crippen LogP contribution in [0.2, 0.25) is 0 Å². The van der Waals surface area contributed by atoms with Gasteiger partial charge in [0.1, 0.15) is 0 Å². The number of aliphatic hydroxyl groups is 3. The molecular weight excluding hydrogens is 214 g/mol. The molecule has 0 bridgehead atoms. The van der Waals surface area contributed by atoms with Crippen molar-refractivity contribution in [3.05, 3.63) is 35.4 Å². The quantitative estimate of drug-likeness (QED) is 0.366. The normalized spacial score (nSPS) is 13.2. The molecule has 1 aromatic rings. The number of benzene rings is 1. The number of amides is 1. The maximum atomic E-state index is 10.7. The van der Waals surface area contributed by atoms with Crippen LogP contribution in [0.3, 0.4) is 0 Å². The highest BCUT2D eigenvalue weighted by molar-refractivity contribution is 5.82. The zero-order chi connectivity index (χ0) is 12.3. The van der Waals surface area contributed by atoms with E-state index in [1.54, 1.807) is 0 Å².